The summed E-state index contributed by atoms with van der Waals surface area (Å²) >= 11 is 0. The maximum Gasteiger partial charge on any atom is 0.0858 e. The van der Waals surface area contributed by atoms with Crippen LogP contribution in [0.4, 0.5) is 0 Å². The summed E-state index contributed by atoms with van der Waals surface area (Å²) < 4.78 is 1.77. The van der Waals surface area contributed by atoms with Crippen molar-refractivity contribution >= 4 is 10.9 Å². The average molecular weight is 191 g/mol. The summed E-state index contributed by atoms with van der Waals surface area (Å²) in [6, 6.07) is 7.89. The van der Waals surface area contributed by atoms with Crippen LogP contribution in [-0.2, 0) is 6.54 Å². The quantitative estimate of drug-likeness (QED) is 0.736. The average Bonchev–Trinajstić information content (AvgIpc) is 2.62. The maximum absolute atomic E-state index is 9.40. The lowest BCUT2D eigenvalue weighted by molar-refractivity contribution is 0.159. The van der Waals surface area contributed by atoms with Gasteiger partial charge in [-0.25, -0.2) is 0 Å². The monoisotopic (exact) mass is 191 g/mol. The van der Waals surface area contributed by atoms with Gasteiger partial charge >= 0.3 is 0 Å². The van der Waals surface area contributed by atoms with Gasteiger partial charge in [-0.3, -0.25) is 4.68 Å². The van der Waals surface area contributed by atoms with Crippen LogP contribution in [0.1, 0.15) is 0 Å². The normalized spacial score (nSPS) is 13.3. The summed E-state index contributed by atoms with van der Waals surface area (Å²) in [5.41, 5.74) is 6.37. The van der Waals surface area contributed by atoms with Gasteiger partial charge in [0, 0.05) is 11.9 Å². The molecule has 0 saturated heterocycles. The van der Waals surface area contributed by atoms with Crippen LogP contribution in [-0.4, -0.2) is 27.5 Å². The van der Waals surface area contributed by atoms with E-state index in [4.69, 9.17) is 5.73 Å². The lowest BCUT2D eigenvalue weighted by Gasteiger charge is -2.08. The van der Waals surface area contributed by atoms with Crippen molar-refractivity contribution in [2.75, 3.05) is 6.54 Å². The molecule has 1 aromatic heterocycles. The highest BCUT2D eigenvalue weighted by Gasteiger charge is 2.06. The van der Waals surface area contributed by atoms with Crippen molar-refractivity contribution in [1.29, 1.82) is 0 Å². The minimum absolute atomic E-state index is 0.258. The lowest BCUT2D eigenvalue weighted by atomic mass is 10.2. The van der Waals surface area contributed by atoms with Crippen molar-refractivity contribution in [1.82, 2.24) is 9.78 Å². The molecule has 3 N–H and O–H groups in total. The van der Waals surface area contributed by atoms with Crippen molar-refractivity contribution < 1.29 is 5.11 Å². The SMILES string of the molecule is NCC(O)Cn1ncc2ccccc21. The molecule has 4 heteroatoms. The highest BCUT2D eigenvalue weighted by Crippen LogP contribution is 2.12. The Balaban J connectivity index is 2.33. The van der Waals surface area contributed by atoms with Crippen molar-refractivity contribution in [3.63, 3.8) is 0 Å². The van der Waals surface area contributed by atoms with Crippen molar-refractivity contribution in [3.05, 3.63) is 30.5 Å². The van der Waals surface area contributed by atoms with Gasteiger partial charge in [0.15, 0.2) is 0 Å². The molecule has 2 aromatic rings. The number of hydrogen-bond donors (Lipinski definition) is 2. The minimum Gasteiger partial charge on any atom is -0.390 e. The molecule has 1 aromatic carbocycles. The van der Waals surface area contributed by atoms with Crippen LogP contribution in [0, 0.1) is 0 Å². The van der Waals surface area contributed by atoms with Crippen LogP contribution >= 0.6 is 0 Å². The van der Waals surface area contributed by atoms with E-state index in [9.17, 15) is 5.11 Å². The topological polar surface area (TPSA) is 64.1 Å². The third kappa shape index (κ3) is 1.62. The largest absolute Gasteiger partial charge is 0.390 e. The van der Waals surface area contributed by atoms with Crippen molar-refractivity contribution in [2.45, 2.75) is 12.6 Å². The van der Waals surface area contributed by atoms with Gasteiger partial charge in [0.05, 0.1) is 24.4 Å². The molecule has 0 aliphatic rings. The van der Waals surface area contributed by atoms with Gasteiger partial charge in [-0.2, -0.15) is 5.10 Å². The van der Waals surface area contributed by atoms with Gasteiger partial charge < -0.3 is 10.8 Å². The van der Waals surface area contributed by atoms with E-state index < -0.39 is 6.10 Å². The number of aliphatic hydroxyl groups is 1. The summed E-state index contributed by atoms with van der Waals surface area (Å²) in [6.45, 7) is 0.707. The fraction of sp³-hybridized carbons (Fsp3) is 0.300. The second-order valence-electron chi connectivity index (χ2n) is 3.28. The van der Waals surface area contributed by atoms with E-state index >= 15 is 0 Å². The van der Waals surface area contributed by atoms with Gasteiger partial charge in [-0.05, 0) is 6.07 Å². The van der Waals surface area contributed by atoms with Gasteiger partial charge in [0.2, 0.25) is 0 Å². The number of nitrogens with two attached hydrogens (primary N) is 1. The predicted molar refractivity (Wildman–Crippen MR) is 54.8 cm³/mol. The first-order valence-corrected chi connectivity index (χ1v) is 4.60. The molecule has 0 spiro atoms. The van der Waals surface area contributed by atoms with E-state index in [0.717, 1.165) is 10.9 Å². The molecule has 4 nitrogen and oxygen atoms in total. The molecule has 14 heavy (non-hydrogen) atoms. The first-order chi connectivity index (χ1) is 6.81. The number of nitrogens with zero attached hydrogens (tertiary/aromatic N) is 2. The van der Waals surface area contributed by atoms with E-state index in [2.05, 4.69) is 5.10 Å². The molecule has 1 unspecified atom stereocenters. The molecular formula is C10H13N3O. The van der Waals surface area contributed by atoms with Gasteiger partial charge in [0.1, 0.15) is 0 Å². The molecule has 0 amide bonds. The van der Waals surface area contributed by atoms with E-state index in [1.807, 2.05) is 24.3 Å². The number of benzene rings is 1. The van der Waals surface area contributed by atoms with Crippen LogP contribution in [0.5, 0.6) is 0 Å². The number of rotatable bonds is 3. The molecule has 0 bridgehead atoms. The number of hydrogen-bond acceptors (Lipinski definition) is 3. The Kier molecular flexibility index (Phi) is 2.47. The molecule has 0 saturated carbocycles. The fourth-order valence-electron chi connectivity index (χ4n) is 1.45. The third-order valence-electron chi connectivity index (χ3n) is 2.21. The zero-order valence-electron chi connectivity index (χ0n) is 7.80. The van der Waals surface area contributed by atoms with Crippen LogP contribution in [0.15, 0.2) is 30.5 Å². The Morgan fingerprint density at radius 2 is 2.21 bits per heavy atom. The van der Waals surface area contributed by atoms with E-state index in [0.29, 0.717) is 6.54 Å². The number of para-hydroxylation sites is 1. The molecule has 0 radical (unpaired) electrons. The zero-order valence-corrected chi connectivity index (χ0v) is 7.80. The molecule has 0 aliphatic heterocycles. The van der Waals surface area contributed by atoms with Crippen LogP contribution in [0.3, 0.4) is 0 Å². The minimum atomic E-state index is -0.529. The number of aliphatic hydroxyl groups excluding tert-OH is 1. The molecule has 1 atom stereocenters. The predicted octanol–water partition coefficient (Wildman–Crippen LogP) is 0.356. The van der Waals surface area contributed by atoms with Crippen LogP contribution in [0.2, 0.25) is 0 Å². The Labute approximate surface area is 81.9 Å². The van der Waals surface area contributed by atoms with E-state index in [1.165, 1.54) is 0 Å². The Bertz CT molecular complexity index is 424. The van der Waals surface area contributed by atoms with Crippen molar-refractivity contribution in [3.8, 4) is 0 Å². The maximum atomic E-state index is 9.40. The second kappa shape index (κ2) is 3.77. The van der Waals surface area contributed by atoms with Gasteiger partial charge in [0.25, 0.3) is 0 Å². The highest BCUT2D eigenvalue weighted by molar-refractivity contribution is 5.78. The second-order valence-corrected chi connectivity index (χ2v) is 3.28. The summed E-state index contributed by atoms with van der Waals surface area (Å²) in [4.78, 5) is 0. The third-order valence-corrected chi connectivity index (χ3v) is 2.21. The Morgan fingerprint density at radius 3 is 3.00 bits per heavy atom. The van der Waals surface area contributed by atoms with Gasteiger partial charge in [-0.1, -0.05) is 18.2 Å². The lowest BCUT2D eigenvalue weighted by Crippen LogP contribution is -2.25. The van der Waals surface area contributed by atoms with E-state index in [1.54, 1.807) is 10.9 Å². The number of aromatic nitrogens is 2. The van der Waals surface area contributed by atoms with Crippen LogP contribution in [0.25, 0.3) is 10.9 Å². The van der Waals surface area contributed by atoms with Crippen LogP contribution < -0.4 is 5.73 Å². The van der Waals surface area contributed by atoms with Crippen molar-refractivity contribution in [2.24, 2.45) is 5.73 Å². The molecule has 0 aliphatic carbocycles. The first-order valence-electron chi connectivity index (χ1n) is 4.60. The summed E-state index contributed by atoms with van der Waals surface area (Å²) in [7, 11) is 0. The number of fused-ring (bicyclic) bond motifs is 1. The Morgan fingerprint density at radius 1 is 1.43 bits per heavy atom. The highest BCUT2D eigenvalue weighted by atomic mass is 16.3. The Hall–Kier alpha value is -1.39. The zero-order chi connectivity index (χ0) is 9.97. The molecule has 2 rings (SSSR count). The molecule has 74 valence electrons. The fourth-order valence-corrected chi connectivity index (χ4v) is 1.45. The summed E-state index contributed by atoms with van der Waals surface area (Å²) in [5, 5.41) is 14.7. The smallest absolute Gasteiger partial charge is 0.0858 e. The molecule has 1 heterocycles. The van der Waals surface area contributed by atoms with E-state index in [-0.39, 0.29) is 6.54 Å². The van der Waals surface area contributed by atoms with Gasteiger partial charge in [-0.15, -0.1) is 0 Å². The summed E-state index contributed by atoms with van der Waals surface area (Å²) in [5.74, 6) is 0. The molecular weight excluding hydrogens is 178 g/mol. The summed E-state index contributed by atoms with van der Waals surface area (Å²) in [6.07, 6.45) is 1.26. The standard InChI is InChI=1S/C10H13N3O/c11-5-9(14)7-13-10-4-2-1-3-8(10)6-12-13/h1-4,6,9,14H,5,7,11H2. The molecule has 0 fully saturated rings. The first kappa shape index (κ1) is 9.18.